The number of pyridine rings is 1. The number of rotatable bonds is 22. The van der Waals surface area contributed by atoms with Crippen LogP contribution in [0.3, 0.4) is 0 Å². The molecule has 2 unspecified atom stereocenters. The number of hydrogen-bond donors (Lipinski definition) is 0. The second-order valence-electron chi connectivity index (χ2n) is 12.2. The summed E-state index contributed by atoms with van der Waals surface area (Å²) in [4.78, 5) is 4.49. The largest absolute Gasteiger partial charge is 0.478 e. The van der Waals surface area contributed by atoms with Crippen molar-refractivity contribution < 1.29 is 4.74 Å². The van der Waals surface area contributed by atoms with Gasteiger partial charge >= 0.3 is 0 Å². The summed E-state index contributed by atoms with van der Waals surface area (Å²) in [5, 5.41) is 10.3. The lowest BCUT2D eigenvalue weighted by Gasteiger charge is -2.12. The molecule has 2 heterocycles. The monoisotopic (exact) mass is 537 g/mol. The highest BCUT2D eigenvalue weighted by atomic mass is 28.2. The lowest BCUT2D eigenvalue weighted by atomic mass is 9.96. The Bertz CT molecular complexity index is 854. The molecule has 1 aliphatic rings. The van der Waals surface area contributed by atoms with Crippen molar-refractivity contribution in [1.29, 1.82) is 0 Å². The Labute approximate surface area is 236 Å². The fraction of sp³-hybridized carbons (Fsp3) is 0.727. The minimum atomic E-state index is -0.354. The predicted octanol–water partition coefficient (Wildman–Crippen LogP) is 8.29. The molecule has 2 aromatic heterocycles. The first kappa shape index (κ1) is 30.8. The van der Waals surface area contributed by atoms with Crippen molar-refractivity contribution in [2.24, 2.45) is 17.8 Å². The zero-order chi connectivity index (χ0) is 26.8. The molecule has 0 radical (unpaired) electrons. The molecule has 4 nitrogen and oxygen atoms in total. The highest BCUT2D eigenvalue weighted by Crippen LogP contribution is 2.34. The van der Waals surface area contributed by atoms with Crippen LogP contribution in [0.5, 0.6) is 5.88 Å². The van der Waals surface area contributed by atoms with Crippen LogP contribution in [0.1, 0.15) is 124 Å². The Balaban J connectivity index is 1.24. The fourth-order valence-corrected chi connectivity index (χ4v) is 6.86. The third-order valence-electron chi connectivity index (χ3n) is 8.29. The second-order valence-corrected chi connectivity index (χ2v) is 14.0. The van der Waals surface area contributed by atoms with Gasteiger partial charge < -0.3 is 4.74 Å². The van der Waals surface area contributed by atoms with E-state index >= 15 is 0 Å². The number of unbranched alkanes of at least 4 members (excludes halogenated alkanes) is 7. The zero-order valence-corrected chi connectivity index (χ0v) is 26.2. The van der Waals surface area contributed by atoms with E-state index in [0.29, 0.717) is 5.88 Å². The molecule has 212 valence electrons. The number of ether oxygens (including phenoxy) is 1. The molecular weight excluding hydrogens is 482 g/mol. The van der Waals surface area contributed by atoms with Gasteiger partial charge in [0, 0.05) is 23.1 Å². The summed E-state index contributed by atoms with van der Waals surface area (Å²) >= 11 is 0. The molecule has 1 fully saturated rings. The van der Waals surface area contributed by atoms with Gasteiger partial charge in [0.2, 0.25) is 5.88 Å². The van der Waals surface area contributed by atoms with Gasteiger partial charge in [-0.2, -0.15) is 10.2 Å². The van der Waals surface area contributed by atoms with E-state index in [1.807, 2.05) is 18.3 Å². The summed E-state index contributed by atoms with van der Waals surface area (Å²) in [7, 11) is -0.354. The maximum Gasteiger partial charge on any atom is 0.213 e. The Morgan fingerprint density at radius 3 is 2.24 bits per heavy atom. The SMILES string of the molecule is CCCCCC(C)CCCCCC(C)C[SiH2]c1ccc(-c2ccc(OCCCCCCC3CC3)nc2)nn1. The maximum absolute atomic E-state index is 5.84. The van der Waals surface area contributed by atoms with Gasteiger partial charge in [0.1, 0.15) is 0 Å². The first-order valence-corrected chi connectivity index (χ1v) is 17.8. The number of aromatic nitrogens is 3. The standard InChI is InChI=1S/C33H55N3OSi/c1-4-5-9-14-27(2)15-10-8-11-16-28(3)26-38-33-23-21-31(35-36-33)30-20-22-32(34-25-30)37-24-13-7-6-12-17-29-18-19-29/h20-23,25,27-29H,4-19,24,26,38H2,1-3H3. The molecule has 0 spiro atoms. The van der Waals surface area contributed by atoms with Gasteiger partial charge in [0.15, 0.2) is 0 Å². The molecule has 1 aliphatic carbocycles. The summed E-state index contributed by atoms with van der Waals surface area (Å²) < 4.78 is 5.84. The van der Waals surface area contributed by atoms with Crippen LogP contribution in [-0.2, 0) is 0 Å². The third-order valence-corrected chi connectivity index (χ3v) is 10.5. The minimum absolute atomic E-state index is 0.354. The van der Waals surface area contributed by atoms with E-state index in [9.17, 15) is 0 Å². The fourth-order valence-electron chi connectivity index (χ4n) is 5.32. The molecule has 0 aromatic carbocycles. The summed E-state index contributed by atoms with van der Waals surface area (Å²) in [6.45, 7) is 7.91. The molecule has 0 aliphatic heterocycles. The Hall–Kier alpha value is -1.75. The van der Waals surface area contributed by atoms with E-state index < -0.39 is 0 Å². The van der Waals surface area contributed by atoms with E-state index in [1.165, 1.54) is 108 Å². The van der Waals surface area contributed by atoms with E-state index in [0.717, 1.165) is 42.0 Å². The topological polar surface area (TPSA) is 47.9 Å². The van der Waals surface area contributed by atoms with E-state index in [-0.39, 0.29) is 9.52 Å². The normalized spacial score (nSPS) is 15.2. The quantitative estimate of drug-likeness (QED) is 0.112. The molecule has 3 rings (SSSR count). The lowest BCUT2D eigenvalue weighted by molar-refractivity contribution is 0.293. The van der Waals surface area contributed by atoms with E-state index in [4.69, 9.17) is 4.74 Å². The molecule has 2 aromatic rings. The van der Waals surface area contributed by atoms with Crippen LogP contribution in [0.15, 0.2) is 30.5 Å². The van der Waals surface area contributed by atoms with Crippen LogP contribution in [0.4, 0.5) is 0 Å². The summed E-state index contributed by atoms with van der Waals surface area (Å²) in [6.07, 6.45) is 23.9. The molecule has 0 saturated heterocycles. The van der Waals surface area contributed by atoms with Crippen LogP contribution in [-0.4, -0.2) is 31.3 Å². The van der Waals surface area contributed by atoms with Gasteiger partial charge in [-0.25, -0.2) is 4.98 Å². The van der Waals surface area contributed by atoms with Crippen molar-refractivity contribution >= 4 is 14.8 Å². The zero-order valence-electron chi connectivity index (χ0n) is 24.8. The first-order chi connectivity index (χ1) is 18.6. The highest BCUT2D eigenvalue weighted by molar-refractivity contribution is 6.52. The molecule has 0 amide bonds. The average Bonchev–Trinajstić information content (AvgIpc) is 3.76. The lowest BCUT2D eigenvalue weighted by Crippen LogP contribution is -2.21. The molecule has 0 bridgehead atoms. The van der Waals surface area contributed by atoms with E-state index in [2.05, 4.69) is 48.1 Å². The van der Waals surface area contributed by atoms with Gasteiger partial charge in [-0.15, -0.1) is 0 Å². The van der Waals surface area contributed by atoms with Crippen LogP contribution in [0.2, 0.25) is 6.04 Å². The van der Waals surface area contributed by atoms with Gasteiger partial charge in [0.05, 0.1) is 21.8 Å². The second kappa shape index (κ2) is 18.5. The van der Waals surface area contributed by atoms with Crippen molar-refractivity contribution in [3.8, 4) is 17.1 Å². The van der Waals surface area contributed by atoms with Crippen LogP contribution < -0.4 is 10.1 Å². The molecular formula is C33H55N3OSi. The van der Waals surface area contributed by atoms with E-state index in [1.54, 1.807) is 0 Å². The van der Waals surface area contributed by atoms with Crippen molar-refractivity contribution in [1.82, 2.24) is 15.2 Å². The Kier molecular flexibility index (Phi) is 15.0. The van der Waals surface area contributed by atoms with Crippen LogP contribution in [0.25, 0.3) is 11.3 Å². The summed E-state index contributed by atoms with van der Waals surface area (Å²) in [6, 6.07) is 9.64. The van der Waals surface area contributed by atoms with Gasteiger partial charge in [-0.3, -0.25) is 0 Å². The average molecular weight is 538 g/mol. The third kappa shape index (κ3) is 13.4. The van der Waals surface area contributed by atoms with Crippen molar-refractivity contribution in [3.05, 3.63) is 30.5 Å². The summed E-state index contributed by atoms with van der Waals surface area (Å²) in [5.41, 5.74) is 1.90. The molecule has 5 heteroatoms. The molecule has 0 N–H and O–H groups in total. The Morgan fingerprint density at radius 2 is 1.55 bits per heavy atom. The van der Waals surface area contributed by atoms with Crippen molar-refractivity contribution in [2.45, 2.75) is 130 Å². The van der Waals surface area contributed by atoms with Crippen LogP contribution >= 0.6 is 0 Å². The van der Waals surface area contributed by atoms with Crippen LogP contribution in [0, 0.1) is 17.8 Å². The number of hydrogen-bond acceptors (Lipinski definition) is 4. The first-order valence-electron chi connectivity index (χ1n) is 16.1. The maximum atomic E-state index is 5.84. The van der Waals surface area contributed by atoms with Gasteiger partial charge in [-0.1, -0.05) is 123 Å². The molecule has 2 atom stereocenters. The predicted molar refractivity (Wildman–Crippen MR) is 165 cm³/mol. The smallest absolute Gasteiger partial charge is 0.213 e. The van der Waals surface area contributed by atoms with Crippen molar-refractivity contribution in [3.63, 3.8) is 0 Å². The summed E-state index contributed by atoms with van der Waals surface area (Å²) in [5.74, 6) is 3.49. The highest BCUT2D eigenvalue weighted by Gasteiger charge is 2.19. The minimum Gasteiger partial charge on any atom is -0.478 e. The molecule has 1 saturated carbocycles. The van der Waals surface area contributed by atoms with Gasteiger partial charge in [0.25, 0.3) is 0 Å². The molecule has 38 heavy (non-hydrogen) atoms. The van der Waals surface area contributed by atoms with Gasteiger partial charge in [-0.05, 0) is 42.4 Å². The Morgan fingerprint density at radius 1 is 0.816 bits per heavy atom. The number of nitrogens with zero attached hydrogens (tertiary/aromatic N) is 3. The van der Waals surface area contributed by atoms with Crippen molar-refractivity contribution in [2.75, 3.05) is 6.61 Å².